The SMILES string of the molecule is CC(C)(C)c1ccccc1NC(c1ccccc1)C(C(CCC(=O)O)C(=O)O)[P+](=O)O. The zero-order chi connectivity index (χ0) is 23.2. The van der Waals surface area contributed by atoms with E-state index >= 15 is 0 Å². The molecule has 0 aliphatic carbocycles. The number of hydrogen-bond acceptors (Lipinski definition) is 4. The number of carboxylic acid groups (broad SMARTS) is 2. The molecule has 0 heterocycles. The van der Waals surface area contributed by atoms with Crippen LogP contribution in [0.3, 0.4) is 0 Å². The van der Waals surface area contributed by atoms with E-state index in [9.17, 15) is 24.2 Å². The van der Waals surface area contributed by atoms with Crippen molar-refractivity contribution in [1.29, 1.82) is 0 Å². The van der Waals surface area contributed by atoms with Gasteiger partial charge in [0.1, 0.15) is 12.0 Å². The van der Waals surface area contributed by atoms with Crippen molar-refractivity contribution in [2.45, 2.75) is 50.7 Å². The van der Waals surface area contributed by atoms with Gasteiger partial charge in [0.15, 0.2) is 0 Å². The minimum Gasteiger partial charge on any atom is -0.481 e. The zero-order valence-corrected chi connectivity index (χ0v) is 18.8. The van der Waals surface area contributed by atoms with Crippen molar-refractivity contribution in [3.8, 4) is 0 Å². The maximum Gasteiger partial charge on any atom is 0.512 e. The van der Waals surface area contributed by atoms with Gasteiger partial charge in [-0.3, -0.25) is 9.59 Å². The van der Waals surface area contributed by atoms with Crippen LogP contribution in [0.2, 0.25) is 0 Å². The van der Waals surface area contributed by atoms with Gasteiger partial charge in [-0.15, -0.1) is 0 Å². The highest BCUT2D eigenvalue weighted by molar-refractivity contribution is 7.39. The Morgan fingerprint density at radius 3 is 2.10 bits per heavy atom. The lowest BCUT2D eigenvalue weighted by Gasteiger charge is -2.29. The van der Waals surface area contributed by atoms with Crippen LogP contribution in [-0.4, -0.2) is 32.7 Å². The zero-order valence-electron chi connectivity index (χ0n) is 17.9. The molecule has 0 saturated heterocycles. The molecular weight excluding hydrogens is 417 g/mol. The van der Waals surface area contributed by atoms with Gasteiger partial charge in [0.2, 0.25) is 5.66 Å². The van der Waals surface area contributed by atoms with Crippen molar-refractivity contribution in [2.75, 3.05) is 5.32 Å². The van der Waals surface area contributed by atoms with Crippen LogP contribution in [0.4, 0.5) is 5.69 Å². The van der Waals surface area contributed by atoms with Crippen LogP contribution in [-0.2, 0) is 19.6 Å². The summed E-state index contributed by atoms with van der Waals surface area (Å²) in [5, 5.41) is 22.1. The second-order valence-electron chi connectivity index (χ2n) is 8.50. The van der Waals surface area contributed by atoms with E-state index in [4.69, 9.17) is 5.11 Å². The Kier molecular flexibility index (Phi) is 8.31. The van der Waals surface area contributed by atoms with E-state index in [1.807, 2.05) is 45.0 Å². The number of aliphatic carboxylic acids is 2. The topological polar surface area (TPSA) is 124 Å². The van der Waals surface area contributed by atoms with Gasteiger partial charge in [0.25, 0.3) is 0 Å². The summed E-state index contributed by atoms with van der Waals surface area (Å²) in [5.74, 6) is -3.76. The van der Waals surface area contributed by atoms with E-state index in [2.05, 4.69) is 5.32 Å². The standard InChI is InChI=1S/C23H28NO6P/c1-23(2,3)17-11-7-8-12-18(17)24-20(15-9-5-4-6-10-15)21(31(29)30)16(22(27)28)13-14-19(25)26/h4-12,16,20-21,24H,13-14H2,1-3H3,(H2-,25,26,27,28,29,30)/p+1. The van der Waals surface area contributed by atoms with E-state index in [0.717, 1.165) is 11.3 Å². The summed E-state index contributed by atoms with van der Waals surface area (Å²) in [7, 11) is -2.95. The first-order chi connectivity index (χ1) is 14.5. The average molecular weight is 446 g/mol. The summed E-state index contributed by atoms with van der Waals surface area (Å²) in [6.07, 6.45) is -0.653. The first-order valence-electron chi connectivity index (χ1n) is 10.0. The summed E-state index contributed by atoms with van der Waals surface area (Å²) < 4.78 is 12.5. The van der Waals surface area contributed by atoms with E-state index in [1.54, 1.807) is 30.3 Å². The predicted molar refractivity (Wildman–Crippen MR) is 120 cm³/mol. The van der Waals surface area contributed by atoms with Gasteiger partial charge in [0.05, 0.1) is 0 Å². The summed E-state index contributed by atoms with van der Waals surface area (Å²) in [6, 6.07) is 15.6. The number of anilines is 1. The average Bonchev–Trinajstić information content (AvgIpc) is 2.69. The van der Waals surface area contributed by atoms with Crippen LogP contribution in [0, 0.1) is 5.92 Å². The van der Waals surface area contributed by atoms with Crippen molar-refractivity contribution in [3.05, 3.63) is 65.7 Å². The fourth-order valence-electron chi connectivity index (χ4n) is 3.69. The summed E-state index contributed by atoms with van der Waals surface area (Å²) in [4.78, 5) is 33.3. The van der Waals surface area contributed by atoms with Crippen LogP contribution in [0.5, 0.6) is 0 Å². The molecule has 4 N–H and O–H groups in total. The number of nitrogens with one attached hydrogen (secondary N) is 1. The van der Waals surface area contributed by atoms with Crippen LogP contribution in [0.25, 0.3) is 0 Å². The third kappa shape index (κ3) is 6.61. The summed E-state index contributed by atoms with van der Waals surface area (Å²) in [6.45, 7) is 6.13. The quantitative estimate of drug-likeness (QED) is 0.386. The Bertz CT molecular complexity index is 925. The van der Waals surface area contributed by atoms with Gasteiger partial charge < -0.3 is 15.5 Å². The predicted octanol–water partition coefficient (Wildman–Crippen LogP) is 4.81. The molecule has 31 heavy (non-hydrogen) atoms. The van der Waals surface area contributed by atoms with Crippen LogP contribution in [0.15, 0.2) is 54.6 Å². The molecule has 2 aromatic rings. The van der Waals surface area contributed by atoms with Crippen LogP contribution < -0.4 is 5.32 Å². The van der Waals surface area contributed by atoms with Gasteiger partial charge in [-0.25, -0.2) is 0 Å². The number of rotatable bonds is 10. The molecule has 7 nitrogen and oxygen atoms in total. The molecule has 0 amide bonds. The maximum atomic E-state index is 12.5. The Balaban J connectivity index is 2.58. The first-order valence-corrected chi connectivity index (χ1v) is 11.3. The Morgan fingerprint density at radius 2 is 1.58 bits per heavy atom. The minimum atomic E-state index is -2.95. The fourth-order valence-corrected chi connectivity index (χ4v) is 4.78. The number of para-hydroxylation sites is 1. The van der Waals surface area contributed by atoms with Crippen molar-refractivity contribution in [1.82, 2.24) is 0 Å². The van der Waals surface area contributed by atoms with Crippen molar-refractivity contribution in [2.24, 2.45) is 5.92 Å². The Morgan fingerprint density at radius 1 is 1.00 bits per heavy atom. The number of hydrogen-bond donors (Lipinski definition) is 4. The van der Waals surface area contributed by atoms with Gasteiger partial charge in [-0.1, -0.05) is 69.3 Å². The molecular formula is C23H29NO6P+. The molecule has 8 heteroatoms. The van der Waals surface area contributed by atoms with Crippen molar-refractivity contribution < 1.29 is 29.3 Å². The van der Waals surface area contributed by atoms with E-state index in [0.29, 0.717) is 5.56 Å². The summed E-state index contributed by atoms with van der Waals surface area (Å²) >= 11 is 0. The molecule has 0 radical (unpaired) electrons. The maximum absolute atomic E-state index is 12.5. The van der Waals surface area contributed by atoms with Crippen LogP contribution >= 0.6 is 8.03 Å². The summed E-state index contributed by atoms with van der Waals surface area (Å²) in [5.41, 5.74) is 0.892. The molecule has 0 bridgehead atoms. The fraction of sp³-hybridized carbons (Fsp3) is 0.391. The molecule has 166 valence electrons. The van der Waals surface area contributed by atoms with E-state index in [-0.39, 0.29) is 11.8 Å². The second kappa shape index (κ2) is 10.5. The van der Waals surface area contributed by atoms with Crippen molar-refractivity contribution in [3.63, 3.8) is 0 Å². The monoisotopic (exact) mass is 446 g/mol. The lowest BCUT2D eigenvalue weighted by atomic mass is 9.85. The van der Waals surface area contributed by atoms with Crippen molar-refractivity contribution >= 4 is 25.7 Å². The Labute approximate surface area is 183 Å². The smallest absolute Gasteiger partial charge is 0.481 e. The highest BCUT2D eigenvalue weighted by Crippen LogP contribution is 2.43. The first kappa shape index (κ1) is 24.5. The lowest BCUT2D eigenvalue weighted by molar-refractivity contribution is -0.143. The molecule has 0 aliphatic rings. The second-order valence-corrected chi connectivity index (χ2v) is 9.70. The molecule has 0 aliphatic heterocycles. The third-order valence-corrected chi connectivity index (χ3v) is 6.37. The molecule has 0 fully saturated rings. The molecule has 0 spiro atoms. The molecule has 0 saturated carbocycles. The third-order valence-electron chi connectivity index (χ3n) is 5.20. The highest BCUT2D eigenvalue weighted by Gasteiger charge is 2.48. The van der Waals surface area contributed by atoms with Gasteiger partial charge in [-0.2, -0.15) is 4.89 Å². The van der Waals surface area contributed by atoms with E-state index in [1.165, 1.54) is 0 Å². The largest absolute Gasteiger partial charge is 0.512 e. The molecule has 2 aromatic carbocycles. The normalized spacial score (nSPS) is 14.9. The van der Waals surface area contributed by atoms with Gasteiger partial charge in [0, 0.05) is 12.1 Å². The van der Waals surface area contributed by atoms with Crippen LogP contribution in [0.1, 0.15) is 50.8 Å². The number of carboxylic acids is 2. The van der Waals surface area contributed by atoms with Gasteiger partial charge >= 0.3 is 20.0 Å². The Hall–Kier alpha value is -2.76. The lowest BCUT2D eigenvalue weighted by Crippen LogP contribution is -2.35. The molecule has 4 atom stereocenters. The van der Waals surface area contributed by atoms with Gasteiger partial charge in [-0.05, 0) is 33.6 Å². The molecule has 2 rings (SSSR count). The molecule has 0 aromatic heterocycles. The number of carbonyl (C=O) groups is 2. The molecule has 4 unspecified atom stereocenters. The minimum absolute atomic E-state index is 0.225. The number of benzene rings is 2. The highest BCUT2D eigenvalue weighted by atomic mass is 31.1. The van der Waals surface area contributed by atoms with E-state index < -0.39 is 44.0 Å².